The number of nitrogens with one attached hydrogen (secondary N) is 1. The Morgan fingerprint density at radius 1 is 1.10 bits per heavy atom. The van der Waals surface area contributed by atoms with Crippen molar-refractivity contribution < 1.29 is 9.84 Å². The van der Waals surface area contributed by atoms with Crippen LogP contribution in [0.25, 0.3) is 10.2 Å². The van der Waals surface area contributed by atoms with Gasteiger partial charge in [0.2, 0.25) is 0 Å². The summed E-state index contributed by atoms with van der Waals surface area (Å²) in [5, 5.41) is 9.94. The van der Waals surface area contributed by atoms with Gasteiger partial charge >= 0.3 is 4.87 Å². The van der Waals surface area contributed by atoms with Gasteiger partial charge in [-0.25, -0.2) is 0 Å². The maximum absolute atomic E-state index is 11.7. The summed E-state index contributed by atoms with van der Waals surface area (Å²) in [7, 11) is 0. The lowest BCUT2D eigenvalue weighted by atomic mass is 9.92. The Balaban J connectivity index is 1.32. The third kappa shape index (κ3) is 6.42. The van der Waals surface area contributed by atoms with Crippen LogP contribution < -0.4 is 10.6 Å². The van der Waals surface area contributed by atoms with Crippen molar-refractivity contribution >= 4 is 21.6 Å². The zero-order valence-corrected chi connectivity index (χ0v) is 18.4. The number of H-pyrrole nitrogens is 1. The zero-order chi connectivity index (χ0) is 21.3. The first-order valence-corrected chi connectivity index (χ1v) is 11.6. The highest BCUT2D eigenvalue weighted by molar-refractivity contribution is 7.16. The van der Waals surface area contributed by atoms with E-state index < -0.39 is 0 Å². The lowest BCUT2D eigenvalue weighted by molar-refractivity contribution is 0.132. The van der Waals surface area contributed by atoms with E-state index >= 15 is 0 Å². The molecule has 1 heterocycles. The first-order valence-electron chi connectivity index (χ1n) is 10.8. The first-order chi connectivity index (χ1) is 14.5. The van der Waals surface area contributed by atoms with Crippen molar-refractivity contribution in [3.63, 3.8) is 0 Å². The molecule has 2 atom stereocenters. The van der Waals surface area contributed by atoms with Crippen molar-refractivity contribution in [3.05, 3.63) is 63.3 Å². The quantitative estimate of drug-likeness (QED) is 0.349. The Morgan fingerprint density at radius 3 is 2.70 bits per heavy atom. The summed E-state index contributed by atoms with van der Waals surface area (Å²) >= 11 is 1.11. The Bertz CT molecular complexity index is 967. The molecule has 30 heavy (non-hydrogen) atoms. The molecule has 0 saturated heterocycles. The fraction of sp³-hybridized carbons (Fsp3) is 0.458. The molecule has 0 bridgehead atoms. The molecule has 3 aromatic rings. The van der Waals surface area contributed by atoms with Gasteiger partial charge in [0.25, 0.3) is 0 Å². The average molecular weight is 429 g/mol. The van der Waals surface area contributed by atoms with Gasteiger partial charge in [0, 0.05) is 12.6 Å². The standard InChI is InChI=1S/C24H32N2O3S/c1-17(8-4-3-7-14-29-15-13-18-9-5-2-6-10-18)16-20(25)19-11-12-21(27)22-23(19)30-24(28)26-22/h2,5-6,9-12,17,20,27H,3-4,7-8,13-16,25H2,1H3,(H,26,28). The number of aromatic nitrogens is 1. The number of phenolic OH excluding ortho intramolecular Hbond substituents is 1. The van der Waals surface area contributed by atoms with E-state index in [-0.39, 0.29) is 16.7 Å². The van der Waals surface area contributed by atoms with Crippen LogP contribution in [0.2, 0.25) is 0 Å². The van der Waals surface area contributed by atoms with E-state index in [9.17, 15) is 9.90 Å². The van der Waals surface area contributed by atoms with Crippen LogP contribution in [0.4, 0.5) is 0 Å². The van der Waals surface area contributed by atoms with Gasteiger partial charge in [-0.1, -0.05) is 73.9 Å². The van der Waals surface area contributed by atoms with Crippen molar-refractivity contribution in [2.75, 3.05) is 13.2 Å². The number of nitrogens with two attached hydrogens (primary N) is 1. The number of aromatic amines is 1. The van der Waals surface area contributed by atoms with Gasteiger partial charge in [0.1, 0.15) is 11.3 Å². The van der Waals surface area contributed by atoms with Crippen LogP contribution in [-0.2, 0) is 11.2 Å². The van der Waals surface area contributed by atoms with E-state index in [2.05, 4.69) is 36.2 Å². The smallest absolute Gasteiger partial charge is 0.305 e. The third-order valence-corrected chi connectivity index (χ3v) is 6.44. The van der Waals surface area contributed by atoms with Gasteiger partial charge in [-0.2, -0.15) is 0 Å². The van der Waals surface area contributed by atoms with Gasteiger partial charge in [0.15, 0.2) is 0 Å². The van der Waals surface area contributed by atoms with E-state index in [0.29, 0.717) is 11.4 Å². The molecule has 0 radical (unpaired) electrons. The monoisotopic (exact) mass is 428 g/mol. The zero-order valence-electron chi connectivity index (χ0n) is 17.6. The summed E-state index contributed by atoms with van der Waals surface area (Å²) in [5.74, 6) is 0.594. The second-order valence-corrected chi connectivity index (χ2v) is 9.02. The minimum Gasteiger partial charge on any atom is -0.506 e. The number of hydrogen-bond donors (Lipinski definition) is 3. The van der Waals surface area contributed by atoms with Crippen LogP contribution >= 0.6 is 11.3 Å². The number of ether oxygens (including phenoxy) is 1. The largest absolute Gasteiger partial charge is 0.506 e. The number of hydrogen-bond acceptors (Lipinski definition) is 5. The van der Waals surface area contributed by atoms with E-state index in [1.807, 2.05) is 12.1 Å². The van der Waals surface area contributed by atoms with E-state index in [1.165, 1.54) is 12.0 Å². The van der Waals surface area contributed by atoms with Crippen molar-refractivity contribution in [1.29, 1.82) is 0 Å². The summed E-state index contributed by atoms with van der Waals surface area (Å²) < 4.78 is 6.52. The maximum Gasteiger partial charge on any atom is 0.305 e. The van der Waals surface area contributed by atoms with Gasteiger partial charge in [-0.15, -0.1) is 0 Å². The van der Waals surface area contributed by atoms with Gasteiger partial charge in [-0.3, -0.25) is 4.79 Å². The second-order valence-electron chi connectivity index (χ2n) is 8.04. The molecule has 0 aliphatic carbocycles. The fourth-order valence-electron chi connectivity index (χ4n) is 3.82. The second kappa shape index (κ2) is 11.3. The van der Waals surface area contributed by atoms with E-state index in [1.54, 1.807) is 6.07 Å². The molecule has 4 N–H and O–H groups in total. The fourth-order valence-corrected chi connectivity index (χ4v) is 4.75. The van der Waals surface area contributed by atoms with Gasteiger partial charge in [0.05, 0.1) is 11.3 Å². The molecule has 2 unspecified atom stereocenters. The molecule has 162 valence electrons. The predicted molar refractivity (Wildman–Crippen MR) is 124 cm³/mol. The summed E-state index contributed by atoms with van der Waals surface area (Å²) in [6, 6.07) is 13.7. The van der Waals surface area contributed by atoms with Crippen LogP contribution in [0.3, 0.4) is 0 Å². The highest BCUT2D eigenvalue weighted by Gasteiger charge is 2.17. The highest BCUT2D eigenvalue weighted by Crippen LogP contribution is 2.33. The SMILES string of the molecule is CC(CCCCCOCCc1ccccc1)CC(N)c1ccc(O)c2[nH]c(=O)sc12. The molecule has 0 fully saturated rings. The number of unbranched alkanes of at least 4 members (excludes halogenated alkanes) is 2. The molecule has 0 saturated carbocycles. The molecule has 6 heteroatoms. The van der Waals surface area contributed by atoms with Crippen LogP contribution in [0.15, 0.2) is 47.3 Å². The van der Waals surface area contributed by atoms with Crippen molar-refractivity contribution in [3.8, 4) is 5.75 Å². The first kappa shape index (κ1) is 22.5. The molecule has 1 aromatic heterocycles. The minimum atomic E-state index is -0.168. The van der Waals surface area contributed by atoms with Crippen molar-refractivity contribution in [2.24, 2.45) is 11.7 Å². The molecular weight excluding hydrogens is 396 g/mol. The lowest BCUT2D eigenvalue weighted by Crippen LogP contribution is -2.14. The van der Waals surface area contributed by atoms with Crippen LogP contribution in [-0.4, -0.2) is 23.3 Å². The average Bonchev–Trinajstić information content (AvgIpc) is 3.13. The van der Waals surface area contributed by atoms with Gasteiger partial charge < -0.3 is 20.6 Å². The number of phenols is 1. The lowest BCUT2D eigenvalue weighted by Gasteiger charge is -2.18. The Morgan fingerprint density at radius 2 is 1.90 bits per heavy atom. The number of thiazole rings is 1. The topological polar surface area (TPSA) is 88.3 Å². The Labute approximate surface area is 181 Å². The number of rotatable bonds is 12. The van der Waals surface area contributed by atoms with Crippen LogP contribution in [0, 0.1) is 5.92 Å². The number of aromatic hydroxyl groups is 1. The molecule has 0 spiro atoms. The van der Waals surface area contributed by atoms with Crippen molar-refractivity contribution in [2.45, 2.75) is 51.5 Å². The van der Waals surface area contributed by atoms with Crippen LogP contribution in [0.5, 0.6) is 5.75 Å². The van der Waals surface area contributed by atoms with Gasteiger partial charge in [-0.05, 0) is 42.4 Å². The molecule has 0 aliphatic rings. The number of benzene rings is 2. The highest BCUT2D eigenvalue weighted by atomic mass is 32.1. The Hall–Kier alpha value is -2.15. The molecule has 3 rings (SSSR count). The molecule has 0 amide bonds. The molecule has 0 aliphatic heterocycles. The Kier molecular flexibility index (Phi) is 8.49. The van der Waals surface area contributed by atoms with E-state index in [4.69, 9.17) is 10.5 Å². The van der Waals surface area contributed by atoms with E-state index in [0.717, 1.165) is 66.9 Å². The van der Waals surface area contributed by atoms with Crippen LogP contribution in [0.1, 0.15) is 56.2 Å². The molecular formula is C24H32N2O3S. The summed E-state index contributed by atoms with van der Waals surface area (Å²) in [4.78, 5) is 14.2. The van der Waals surface area contributed by atoms with Crippen molar-refractivity contribution in [1.82, 2.24) is 4.98 Å². The minimum absolute atomic E-state index is 0.0957. The normalized spacial score (nSPS) is 13.5. The predicted octanol–water partition coefficient (Wildman–Crippen LogP) is 5.14. The summed E-state index contributed by atoms with van der Waals surface area (Å²) in [5.41, 5.74) is 9.20. The third-order valence-electron chi connectivity index (χ3n) is 5.51. The maximum atomic E-state index is 11.7. The molecule has 5 nitrogen and oxygen atoms in total. The summed E-state index contributed by atoms with van der Waals surface area (Å²) in [6.07, 6.45) is 6.37. The number of fused-ring (bicyclic) bond motifs is 1. The molecule has 2 aromatic carbocycles. The summed E-state index contributed by atoms with van der Waals surface area (Å²) in [6.45, 7) is 3.83.